The van der Waals surface area contributed by atoms with Crippen LogP contribution in [0.25, 0.3) is 0 Å². The molecule has 1 unspecified atom stereocenters. The van der Waals surface area contributed by atoms with Gasteiger partial charge in [-0.25, -0.2) is 4.39 Å². The SMILES string of the molecule is CCCNC(c1ccncc1C)c1cccc(Br)c1F. The lowest BCUT2D eigenvalue weighted by Gasteiger charge is -2.22. The first-order valence-corrected chi connectivity index (χ1v) is 7.52. The molecule has 1 heterocycles. The van der Waals surface area contributed by atoms with E-state index in [4.69, 9.17) is 0 Å². The fourth-order valence-electron chi connectivity index (χ4n) is 2.23. The molecular weight excluding hydrogens is 319 g/mol. The Bertz CT molecular complexity index is 586. The molecule has 2 aromatic rings. The number of aromatic nitrogens is 1. The highest BCUT2D eigenvalue weighted by Crippen LogP contribution is 2.29. The van der Waals surface area contributed by atoms with Gasteiger partial charge in [-0.2, -0.15) is 0 Å². The molecule has 20 heavy (non-hydrogen) atoms. The Morgan fingerprint density at radius 1 is 1.30 bits per heavy atom. The predicted octanol–water partition coefficient (Wildman–Crippen LogP) is 4.38. The monoisotopic (exact) mass is 336 g/mol. The van der Waals surface area contributed by atoms with E-state index in [0.29, 0.717) is 10.0 Å². The summed E-state index contributed by atoms with van der Waals surface area (Å²) in [6, 6.07) is 7.20. The van der Waals surface area contributed by atoms with Crippen LogP contribution in [0.1, 0.15) is 36.1 Å². The predicted molar refractivity (Wildman–Crippen MR) is 83.2 cm³/mol. The molecule has 1 N–H and O–H groups in total. The van der Waals surface area contributed by atoms with E-state index in [-0.39, 0.29) is 11.9 Å². The number of benzene rings is 1. The third-order valence-electron chi connectivity index (χ3n) is 3.27. The molecule has 0 aliphatic carbocycles. The molecule has 0 spiro atoms. The van der Waals surface area contributed by atoms with Crippen molar-refractivity contribution in [3.05, 3.63) is 63.6 Å². The number of pyridine rings is 1. The number of hydrogen-bond donors (Lipinski definition) is 1. The normalized spacial score (nSPS) is 12.4. The molecule has 1 atom stereocenters. The maximum absolute atomic E-state index is 14.4. The van der Waals surface area contributed by atoms with Gasteiger partial charge in [0.05, 0.1) is 10.5 Å². The van der Waals surface area contributed by atoms with Gasteiger partial charge in [0.25, 0.3) is 0 Å². The van der Waals surface area contributed by atoms with Crippen LogP contribution in [0.5, 0.6) is 0 Å². The summed E-state index contributed by atoms with van der Waals surface area (Å²) in [7, 11) is 0. The summed E-state index contributed by atoms with van der Waals surface area (Å²) in [5.74, 6) is -0.211. The highest BCUT2D eigenvalue weighted by atomic mass is 79.9. The molecule has 0 saturated carbocycles. The fourth-order valence-corrected chi connectivity index (χ4v) is 2.61. The van der Waals surface area contributed by atoms with Crippen molar-refractivity contribution in [1.29, 1.82) is 0 Å². The van der Waals surface area contributed by atoms with Crippen LogP contribution < -0.4 is 5.32 Å². The number of nitrogens with zero attached hydrogens (tertiary/aromatic N) is 1. The van der Waals surface area contributed by atoms with Crippen molar-refractivity contribution in [2.75, 3.05) is 6.54 Å². The minimum absolute atomic E-state index is 0.157. The van der Waals surface area contributed by atoms with Crippen LogP contribution >= 0.6 is 15.9 Å². The van der Waals surface area contributed by atoms with Gasteiger partial charge in [0.15, 0.2) is 0 Å². The van der Waals surface area contributed by atoms with Crippen molar-refractivity contribution in [2.45, 2.75) is 26.3 Å². The van der Waals surface area contributed by atoms with Gasteiger partial charge in [0.2, 0.25) is 0 Å². The lowest BCUT2D eigenvalue weighted by atomic mass is 9.96. The molecule has 2 nitrogen and oxygen atoms in total. The molecule has 0 radical (unpaired) electrons. The van der Waals surface area contributed by atoms with E-state index >= 15 is 0 Å². The van der Waals surface area contributed by atoms with Crippen LogP contribution in [0.4, 0.5) is 4.39 Å². The molecule has 2 rings (SSSR count). The number of rotatable bonds is 5. The Kier molecular flexibility index (Phi) is 5.26. The Morgan fingerprint density at radius 2 is 2.10 bits per heavy atom. The summed E-state index contributed by atoms with van der Waals surface area (Å²) in [6.07, 6.45) is 4.56. The van der Waals surface area contributed by atoms with E-state index in [1.54, 1.807) is 12.3 Å². The summed E-state index contributed by atoms with van der Waals surface area (Å²) >= 11 is 3.26. The molecule has 0 saturated heterocycles. The molecule has 0 amide bonds. The zero-order chi connectivity index (χ0) is 14.5. The zero-order valence-corrected chi connectivity index (χ0v) is 13.2. The summed E-state index contributed by atoms with van der Waals surface area (Å²) < 4.78 is 14.9. The Morgan fingerprint density at radius 3 is 2.80 bits per heavy atom. The summed E-state index contributed by atoms with van der Waals surface area (Å²) in [5, 5.41) is 3.42. The quantitative estimate of drug-likeness (QED) is 0.876. The van der Waals surface area contributed by atoms with E-state index in [0.717, 1.165) is 24.1 Å². The molecule has 1 aromatic carbocycles. The average Bonchev–Trinajstić information content (AvgIpc) is 2.45. The van der Waals surface area contributed by atoms with Gasteiger partial charge in [-0.15, -0.1) is 0 Å². The maximum Gasteiger partial charge on any atom is 0.142 e. The number of aryl methyl sites for hydroxylation is 1. The van der Waals surface area contributed by atoms with Crippen LogP contribution in [0.3, 0.4) is 0 Å². The van der Waals surface area contributed by atoms with Crippen LogP contribution in [0.15, 0.2) is 41.1 Å². The molecule has 0 fully saturated rings. The van der Waals surface area contributed by atoms with Crippen LogP contribution in [0.2, 0.25) is 0 Å². The van der Waals surface area contributed by atoms with Crippen molar-refractivity contribution in [1.82, 2.24) is 10.3 Å². The third kappa shape index (κ3) is 3.25. The van der Waals surface area contributed by atoms with E-state index in [1.165, 1.54) is 0 Å². The average molecular weight is 337 g/mol. The highest BCUT2D eigenvalue weighted by molar-refractivity contribution is 9.10. The van der Waals surface area contributed by atoms with Gasteiger partial charge in [0.1, 0.15) is 5.82 Å². The standard InChI is InChI=1S/C16H18BrFN2/c1-3-8-20-16(12-7-9-19-10-11(12)2)13-5-4-6-14(17)15(13)18/h4-7,9-10,16,20H,3,8H2,1-2H3. The van der Waals surface area contributed by atoms with E-state index in [2.05, 4.69) is 33.2 Å². The Labute approximate surface area is 127 Å². The van der Waals surface area contributed by atoms with Gasteiger partial charge < -0.3 is 5.32 Å². The van der Waals surface area contributed by atoms with Crippen LogP contribution in [-0.4, -0.2) is 11.5 Å². The molecule has 0 aliphatic heterocycles. The van der Waals surface area contributed by atoms with E-state index < -0.39 is 0 Å². The van der Waals surface area contributed by atoms with Crippen molar-refractivity contribution < 1.29 is 4.39 Å². The van der Waals surface area contributed by atoms with Crippen molar-refractivity contribution >= 4 is 15.9 Å². The van der Waals surface area contributed by atoms with Crippen molar-refractivity contribution in [2.24, 2.45) is 0 Å². The fraction of sp³-hybridized carbons (Fsp3) is 0.312. The van der Waals surface area contributed by atoms with Gasteiger partial charge in [-0.05, 0) is 59.1 Å². The maximum atomic E-state index is 14.4. The molecule has 0 bridgehead atoms. The lowest BCUT2D eigenvalue weighted by Crippen LogP contribution is -2.25. The highest BCUT2D eigenvalue weighted by Gasteiger charge is 2.20. The third-order valence-corrected chi connectivity index (χ3v) is 3.88. The smallest absolute Gasteiger partial charge is 0.142 e. The van der Waals surface area contributed by atoms with E-state index in [9.17, 15) is 4.39 Å². The molecular formula is C16H18BrFN2. The Balaban J connectivity index is 2.47. The number of hydrogen-bond acceptors (Lipinski definition) is 2. The number of halogens is 2. The second-order valence-corrected chi connectivity index (χ2v) is 5.62. The minimum atomic E-state index is -0.211. The second-order valence-electron chi connectivity index (χ2n) is 4.76. The zero-order valence-electron chi connectivity index (χ0n) is 11.7. The number of nitrogens with one attached hydrogen (secondary N) is 1. The van der Waals surface area contributed by atoms with E-state index in [1.807, 2.05) is 31.3 Å². The summed E-state index contributed by atoms with van der Waals surface area (Å²) in [5.41, 5.74) is 2.77. The second kappa shape index (κ2) is 6.95. The lowest BCUT2D eigenvalue weighted by molar-refractivity contribution is 0.542. The Hall–Kier alpha value is -1.26. The van der Waals surface area contributed by atoms with Gasteiger partial charge in [0, 0.05) is 18.0 Å². The molecule has 4 heteroatoms. The van der Waals surface area contributed by atoms with Crippen molar-refractivity contribution in [3.8, 4) is 0 Å². The largest absolute Gasteiger partial charge is 0.306 e. The van der Waals surface area contributed by atoms with Gasteiger partial charge >= 0.3 is 0 Å². The summed E-state index contributed by atoms with van der Waals surface area (Å²) in [6.45, 7) is 4.93. The van der Waals surface area contributed by atoms with Gasteiger partial charge in [-0.1, -0.05) is 19.1 Å². The first-order valence-electron chi connectivity index (χ1n) is 6.73. The van der Waals surface area contributed by atoms with Gasteiger partial charge in [-0.3, -0.25) is 4.98 Å². The van der Waals surface area contributed by atoms with Crippen molar-refractivity contribution in [3.63, 3.8) is 0 Å². The molecule has 106 valence electrons. The molecule has 1 aromatic heterocycles. The first-order chi connectivity index (χ1) is 9.65. The van der Waals surface area contributed by atoms with Crippen LogP contribution in [-0.2, 0) is 0 Å². The van der Waals surface area contributed by atoms with Crippen LogP contribution in [0, 0.1) is 12.7 Å². The first kappa shape index (κ1) is 15.1. The molecule has 0 aliphatic rings. The topological polar surface area (TPSA) is 24.9 Å². The summed E-state index contributed by atoms with van der Waals surface area (Å²) in [4.78, 5) is 4.11. The minimum Gasteiger partial charge on any atom is -0.306 e.